The Kier molecular flexibility index (Phi) is 6.08. The summed E-state index contributed by atoms with van der Waals surface area (Å²) < 4.78 is 6.45. The lowest BCUT2D eigenvalue weighted by Gasteiger charge is -2.12. The van der Waals surface area contributed by atoms with Gasteiger partial charge in [-0.2, -0.15) is 0 Å². The van der Waals surface area contributed by atoms with Crippen molar-refractivity contribution in [1.29, 1.82) is 0 Å². The summed E-state index contributed by atoms with van der Waals surface area (Å²) in [5, 5.41) is 2.02. The molecule has 0 amide bonds. The minimum atomic E-state index is 0.602. The van der Waals surface area contributed by atoms with E-state index in [0.717, 1.165) is 55.3 Å². The van der Waals surface area contributed by atoms with E-state index < -0.39 is 0 Å². The number of hydrogen-bond donors (Lipinski definition) is 0. The molecule has 0 radical (unpaired) electrons. The Labute approximate surface area is 249 Å². The Morgan fingerprint density at radius 2 is 0.860 bits per heavy atom. The van der Waals surface area contributed by atoms with Crippen molar-refractivity contribution in [2.75, 3.05) is 0 Å². The predicted octanol–water partition coefficient (Wildman–Crippen LogP) is 10.1. The predicted molar refractivity (Wildman–Crippen MR) is 174 cm³/mol. The van der Waals surface area contributed by atoms with Crippen molar-refractivity contribution in [2.24, 2.45) is 0 Å². The molecule has 0 aliphatic carbocycles. The van der Waals surface area contributed by atoms with Crippen molar-refractivity contribution in [3.63, 3.8) is 0 Å². The number of aromatic nitrogens is 3. The molecule has 0 unspecified atom stereocenters. The highest BCUT2D eigenvalue weighted by Gasteiger charge is 2.19. The smallest absolute Gasteiger partial charge is 0.164 e. The monoisotopic (exact) mass is 551 g/mol. The van der Waals surface area contributed by atoms with E-state index in [4.69, 9.17) is 19.4 Å². The summed E-state index contributed by atoms with van der Waals surface area (Å²) in [4.78, 5) is 15.1. The van der Waals surface area contributed by atoms with Crippen molar-refractivity contribution >= 4 is 21.9 Å². The third-order valence-corrected chi connectivity index (χ3v) is 7.72. The molecule has 0 atom stereocenters. The minimum absolute atomic E-state index is 0.602. The van der Waals surface area contributed by atoms with Crippen molar-refractivity contribution in [2.45, 2.75) is 0 Å². The van der Waals surface area contributed by atoms with Crippen LogP contribution in [-0.4, -0.2) is 15.0 Å². The Morgan fingerprint density at radius 3 is 1.51 bits per heavy atom. The first-order valence-electron chi connectivity index (χ1n) is 14.3. The molecule has 0 aliphatic rings. The second-order valence-corrected chi connectivity index (χ2v) is 10.5. The summed E-state index contributed by atoms with van der Waals surface area (Å²) in [6.07, 6.45) is 0. The summed E-state index contributed by atoms with van der Waals surface area (Å²) in [7, 11) is 0. The summed E-state index contributed by atoms with van der Waals surface area (Å²) in [6.45, 7) is 0. The number of benzene rings is 6. The molecule has 2 heterocycles. The van der Waals surface area contributed by atoms with E-state index in [2.05, 4.69) is 66.7 Å². The largest absolute Gasteiger partial charge is 0.456 e. The highest BCUT2D eigenvalue weighted by molar-refractivity contribution is 6.13. The van der Waals surface area contributed by atoms with Gasteiger partial charge in [-0.1, -0.05) is 127 Å². The van der Waals surface area contributed by atoms with Gasteiger partial charge in [-0.25, -0.2) is 15.0 Å². The zero-order valence-electron chi connectivity index (χ0n) is 23.2. The van der Waals surface area contributed by atoms with Crippen LogP contribution in [0, 0.1) is 0 Å². The van der Waals surface area contributed by atoms with Gasteiger partial charge < -0.3 is 4.42 Å². The van der Waals surface area contributed by atoms with E-state index in [-0.39, 0.29) is 0 Å². The van der Waals surface area contributed by atoms with Crippen LogP contribution in [0.1, 0.15) is 0 Å². The van der Waals surface area contributed by atoms with Crippen molar-refractivity contribution in [3.05, 3.63) is 152 Å². The van der Waals surface area contributed by atoms with E-state index >= 15 is 0 Å². The standard InChI is InChI=1S/C39H25N3O/c1-4-13-26(14-5-1)29-19-12-20-30(23-29)31-24-33(36-32-21-10-11-22-34(32)43-35(36)25-31)39-41-37(27-15-6-2-7-16-27)40-38(42-39)28-17-8-3-9-18-28/h1-25H. The van der Waals surface area contributed by atoms with Gasteiger partial charge in [0.15, 0.2) is 17.5 Å². The van der Waals surface area contributed by atoms with Crippen molar-refractivity contribution in [1.82, 2.24) is 15.0 Å². The molecule has 0 fully saturated rings. The quantitative estimate of drug-likeness (QED) is 0.214. The maximum absolute atomic E-state index is 6.45. The molecular formula is C39H25N3O. The van der Waals surface area contributed by atoms with Crippen LogP contribution in [0.3, 0.4) is 0 Å². The molecule has 202 valence electrons. The maximum atomic E-state index is 6.45. The van der Waals surface area contributed by atoms with Gasteiger partial charge in [0.1, 0.15) is 11.2 Å². The topological polar surface area (TPSA) is 51.8 Å². The first-order valence-corrected chi connectivity index (χ1v) is 14.3. The molecule has 8 aromatic rings. The molecule has 4 nitrogen and oxygen atoms in total. The summed E-state index contributed by atoms with van der Waals surface area (Å²) in [5.41, 5.74) is 8.84. The van der Waals surface area contributed by atoms with Gasteiger partial charge in [0.25, 0.3) is 0 Å². The molecule has 6 aromatic carbocycles. The maximum Gasteiger partial charge on any atom is 0.164 e. The molecular weight excluding hydrogens is 526 g/mol. The second kappa shape index (κ2) is 10.5. The van der Waals surface area contributed by atoms with Crippen LogP contribution < -0.4 is 0 Å². The number of fused-ring (bicyclic) bond motifs is 3. The van der Waals surface area contributed by atoms with Crippen LogP contribution in [0.5, 0.6) is 0 Å². The first-order chi connectivity index (χ1) is 21.3. The lowest BCUT2D eigenvalue weighted by Crippen LogP contribution is -2.00. The van der Waals surface area contributed by atoms with Crippen LogP contribution in [-0.2, 0) is 0 Å². The van der Waals surface area contributed by atoms with Crippen LogP contribution in [0.4, 0.5) is 0 Å². The number of nitrogens with zero attached hydrogens (tertiary/aromatic N) is 3. The number of rotatable bonds is 5. The van der Waals surface area contributed by atoms with E-state index in [1.807, 2.05) is 84.9 Å². The molecule has 0 N–H and O–H groups in total. The van der Waals surface area contributed by atoms with Gasteiger partial charge >= 0.3 is 0 Å². The molecule has 0 saturated carbocycles. The van der Waals surface area contributed by atoms with Gasteiger partial charge in [-0.05, 0) is 46.5 Å². The summed E-state index contributed by atoms with van der Waals surface area (Å²) in [5.74, 6) is 1.86. The Morgan fingerprint density at radius 1 is 0.349 bits per heavy atom. The Balaban J connectivity index is 1.40. The number of furan rings is 1. The molecule has 0 saturated heterocycles. The minimum Gasteiger partial charge on any atom is -0.456 e. The molecule has 4 heteroatoms. The molecule has 0 bridgehead atoms. The van der Waals surface area contributed by atoms with Crippen molar-refractivity contribution < 1.29 is 4.42 Å². The molecule has 0 aliphatic heterocycles. The zero-order valence-corrected chi connectivity index (χ0v) is 23.2. The highest BCUT2D eigenvalue weighted by atomic mass is 16.3. The fraction of sp³-hybridized carbons (Fsp3) is 0. The zero-order chi connectivity index (χ0) is 28.6. The Hall–Kier alpha value is -5.87. The third kappa shape index (κ3) is 4.65. The van der Waals surface area contributed by atoms with E-state index in [0.29, 0.717) is 17.5 Å². The van der Waals surface area contributed by atoms with E-state index in [1.165, 1.54) is 5.56 Å². The van der Waals surface area contributed by atoms with E-state index in [9.17, 15) is 0 Å². The lowest BCUT2D eigenvalue weighted by molar-refractivity contribution is 0.669. The average Bonchev–Trinajstić information content (AvgIpc) is 3.47. The molecule has 0 spiro atoms. The lowest BCUT2D eigenvalue weighted by atomic mass is 9.95. The van der Waals surface area contributed by atoms with Gasteiger partial charge in [0, 0.05) is 27.5 Å². The average molecular weight is 552 g/mol. The summed E-state index contributed by atoms with van der Waals surface area (Å²) >= 11 is 0. The fourth-order valence-corrected chi connectivity index (χ4v) is 5.64. The molecule has 8 rings (SSSR count). The second-order valence-electron chi connectivity index (χ2n) is 10.5. The summed E-state index contributed by atoms with van der Waals surface area (Å²) in [6, 6.07) is 51.6. The highest BCUT2D eigenvalue weighted by Crippen LogP contribution is 2.40. The van der Waals surface area contributed by atoms with Crippen LogP contribution in [0.15, 0.2) is 156 Å². The molecule has 43 heavy (non-hydrogen) atoms. The first kappa shape index (κ1) is 24.9. The normalized spacial score (nSPS) is 11.3. The van der Waals surface area contributed by atoms with Gasteiger partial charge in [-0.3, -0.25) is 0 Å². The van der Waals surface area contributed by atoms with Gasteiger partial charge in [0.05, 0.1) is 0 Å². The third-order valence-electron chi connectivity index (χ3n) is 7.72. The number of para-hydroxylation sites is 1. The number of hydrogen-bond acceptors (Lipinski definition) is 4. The van der Waals surface area contributed by atoms with E-state index in [1.54, 1.807) is 0 Å². The van der Waals surface area contributed by atoms with Crippen LogP contribution >= 0.6 is 0 Å². The molecule has 2 aromatic heterocycles. The fourth-order valence-electron chi connectivity index (χ4n) is 5.64. The van der Waals surface area contributed by atoms with Gasteiger partial charge in [-0.15, -0.1) is 0 Å². The van der Waals surface area contributed by atoms with Gasteiger partial charge in [0.2, 0.25) is 0 Å². The van der Waals surface area contributed by atoms with Crippen molar-refractivity contribution in [3.8, 4) is 56.4 Å². The van der Waals surface area contributed by atoms with Crippen LogP contribution in [0.25, 0.3) is 78.4 Å². The van der Waals surface area contributed by atoms with Crippen LogP contribution in [0.2, 0.25) is 0 Å². The SMILES string of the molecule is c1ccc(-c2cccc(-c3cc(-c4nc(-c5ccccc5)nc(-c5ccccc5)n4)c4c(c3)oc3ccccc34)c2)cc1. The Bertz CT molecular complexity index is 2170.